The van der Waals surface area contributed by atoms with Crippen molar-refractivity contribution in [3.8, 4) is 0 Å². The van der Waals surface area contributed by atoms with Crippen LogP contribution in [0, 0.1) is 11.8 Å². The normalized spacial score (nSPS) is 12.1. The summed E-state index contributed by atoms with van der Waals surface area (Å²) in [6.45, 7) is 11.3. The molecule has 0 rings (SSSR count). The second kappa shape index (κ2) is 38.1. The third-order valence-electron chi connectivity index (χ3n) is 9.97. The molecular formula is C45H86O6. The molecular weight excluding hydrogens is 636 g/mol. The van der Waals surface area contributed by atoms with E-state index in [1.807, 2.05) is 0 Å². The molecule has 6 nitrogen and oxygen atoms in total. The smallest absolute Gasteiger partial charge is 0.306 e. The highest BCUT2D eigenvalue weighted by atomic mass is 16.6. The molecule has 0 aromatic carbocycles. The van der Waals surface area contributed by atoms with E-state index >= 15 is 0 Å². The highest BCUT2D eigenvalue weighted by Crippen LogP contribution is 2.16. The van der Waals surface area contributed by atoms with E-state index in [4.69, 9.17) is 14.2 Å². The molecule has 6 heteroatoms. The Labute approximate surface area is 317 Å². The number of hydrogen-bond donors (Lipinski definition) is 0. The Balaban J connectivity index is 4.27. The quantitative estimate of drug-likeness (QED) is 0.0357. The van der Waals surface area contributed by atoms with Crippen molar-refractivity contribution < 1.29 is 28.6 Å². The largest absolute Gasteiger partial charge is 0.462 e. The second-order valence-electron chi connectivity index (χ2n) is 16.3. The maximum Gasteiger partial charge on any atom is 0.306 e. The molecule has 0 unspecified atom stereocenters. The third kappa shape index (κ3) is 39.5. The van der Waals surface area contributed by atoms with Gasteiger partial charge in [-0.3, -0.25) is 14.4 Å². The Kier molecular flexibility index (Phi) is 37.0. The lowest BCUT2D eigenvalue weighted by Gasteiger charge is -2.18. The van der Waals surface area contributed by atoms with Crippen LogP contribution in [0.25, 0.3) is 0 Å². The minimum atomic E-state index is -0.759. The van der Waals surface area contributed by atoms with Crippen molar-refractivity contribution in [3.05, 3.63) is 0 Å². The Bertz CT molecular complexity index is 779. The van der Waals surface area contributed by atoms with Gasteiger partial charge >= 0.3 is 17.9 Å². The molecule has 0 N–H and O–H groups in total. The van der Waals surface area contributed by atoms with Gasteiger partial charge in [0.2, 0.25) is 0 Å². The summed E-state index contributed by atoms with van der Waals surface area (Å²) in [6.07, 6.45) is 35.3. The van der Waals surface area contributed by atoms with Gasteiger partial charge in [0.15, 0.2) is 6.10 Å². The van der Waals surface area contributed by atoms with Crippen LogP contribution in [-0.4, -0.2) is 37.2 Å². The molecule has 0 spiro atoms. The molecule has 0 aliphatic heterocycles. The number of carbonyl (C=O) groups excluding carboxylic acids is 3. The van der Waals surface area contributed by atoms with Crippen molar-refractivity contribution in [2.75, 3.05) is 13.2 Å². The van der Waals surface area contributed by atoms with Gasteiger partial charge in [-0.05, 0) is 31.1 Å². The van der Waals surface area contributed by atoms with Crippen molar-refractivity contribution in [3.63, 3.8) is 0 Å². The summed E-state index contributed by atoms with van der Waals surface area (Å²) in [4.78, 5) is 37.5. The van der Waals surface area contributed by atoms with E-state index in [2.05, 4.69) is 34.6 Å². The maximum absolute atomic E-state index is 12.7. The van der Waals surface area contributed by atoms with Crippen LogP contribution in [0.15, 0.2) is 0 Å². The Hall–Kier alpha value is -1.59. The monoisotopic (exact) mass is 723 g/mol. The van der Waals surface area contributed by atoms with Crippen LogP contribution in [-0.2, 0) is 28.6 Å². The predicted octanol–water partition coefficient (Wildman–Crippen LogP) is 13.8. The summed E-state index contributed by atoms with van der Waals surface area (Å²) in [5, 5.41) is 0. The van der Waals surface area contributed by atoms with Crippen molar-refractivity contribution in [2.24, 2.45) is 11.8 Å². The summed E-state index contributed by atoms with van der Waals surface area (Å²) in [7, 11) is 0. The van der Waals surface area contributed by atoms with Crippen LogP contribution < -0.4 is 0 Å². The minimum absolute atomic E-state index is 0.0659. The van der Waals surface area contributed by atoms with Crippen molar-refractivity contribution >= 4 is 17.9 Å². The van der Waals surface area contributed by atoms with Crippen LogP contribution in [0.5, 0.6) is 0 Å². The zero-order chi connectivity index (χ0) is 37.6. The van der Waals surface area contributed by atoms with E-state index in [0.29, 0.717) is 19.3 Å². The SMILES string of the molecule is CCCCCCCCCC(=O)OC[C@@H](COC(=O)CCCCCCCCCCC(C)C)OC(=O)CCCCCCCCCCCCCCC(C)C. The van der Waals surface area contributed by atoms with E-state index in [1.54, 1.807) is 0 Å². The molecule has 0 saturated heterocycles. The van der Waals surface area contributed by atoms with Gasteiger partial charge in [0.05, 0.1) is 0 Å². The van der Waals surface area contributed by atoms with Crippen molar-refractivity contribution in [1.29, 1.82) is 0 Å². The molecule has 0 heterocycles. The molecule has 51 heavy (non-hydrogen) atoms. The second-order valence-corrected chi connectivity index (χ2v) is 16.3. The lowest BCUT2D eigenvalue weighted by atomic mass is 10.0. The Morgan fingerprint density at radius 3 is 0.961 bits per heavy atom. The number of carbonyl (C=O) groups is 3. The van der Waals surface area contributed by atoms with Gasteiger partial charge < -0.3 is 14.2 Å². The fourth-order valence-electron chi connectivity index (χ4n) is 6.58. The first kappa shape index (κ1) is 49.4. The zero-order valence-corrected chi connectivity index (χ0v) is 34.7. The van der Waals surface area contributed by atoms with Crippen molar-refractivity contribution in [1.82, 2.24) is 0 Å². The third-order valence-corrected chi connectivity index (χ3v) is 9.97. The van der Waals surface area contributed by atoms with Crippen LogP contribution >= 0.6 is 0 Å². The Morgan fingerprint density at radius 1 is 0.373 bits per heavy atom. The molecule has 0 saturated carbocycles. The molecule has 0 fully saturated rings. The number of esters is 3. The van der Waals surface area contributed by atoms with E-state index in [9.17, 15) is 14.4 Å². The van der Waals surface area contributed by atoms with Gasteiger partial charge in [0, 0.05) is 19.3 Å². The Morgan fingerprint density at radius 2 is 0.647 bits per heavy atom. The first-order valence-electron chi connectivity index (χ1n) is 22.2. The van der Waals surface area contributed by atoms with Crippen LogP contribution in [0.4, 0.5) is 0 Å². The number of hydrogen-bond acceptors (Lipinski definition) is 6. The summed E-state index contributed by atoms with van der Waals surface area (Å²) in [6, 6.07) is 0. The maximum atomic E-state index is 12.7. The van der Waals surface area contributed by atoms with E-state index < -0.39 is 6.10 Å². The van der Waals surface area contributed by atoms with Gasteiger partial charge in [0.25, 0.3) is 0 Å². The molecule has 0 radical (unpaired) electrons. The van der Waals surface area contributed by atoms with E-state index in [-0.39, 0.29) is 31.1 Å². The highest BCUT2D eigenvalue weighted by molar-refractivity contribution is 5.71. The lowest BCUT2D eigenvalue weighted by molar-refractivity contribution is -0.167. The van der Waals surface area contributed by atoms with E-state index in [0.717, 1.165) is 69.6 Å². The van der Waals surface area contributed by atoms with Gasteiger partial charge in [-0.25, -0.2) is 0 Å². The summed E-state index contributed by atoms with van der Waals surface area (Å²) in [5.74, 6) is 0.762. The summed E-state index contributed by atoms with van der Waals surface area (Å²) >= 11 is 0. The molecule has 0 aliphatic carbocycles. The average molecular weight is 723 g/mol. The molecule has 1 atom stereocenters. The van der Waals surface area contributed by atoms with Gasteiger partial charge in [-0.2, -0.15) is 0 Å². The van der Waals surface area contributed by atoms with Crippen LogP contribution in [0.3, 0.4) is 0 Å². The minimum Gasteiger partial charge on any atom is -0.462 e. The predicted molar refractivity (Wildman–Crippen MR) is 215 cm³/mol. The molecule has 302 valence electrons. The van der Waals surface area contributed by atoms with Crippen molar-refractivity contribution in [2.45, 2.75) is 246 Å². The first-order chi connectivity index (χ1) is 24.7. The highest BCUT2D eigenvalue weighted by Gasteiger charge is 2.19. The first-order valence-corrected chi connectivity index (χ1v) is 22.2. The average Bonchev–Trinajstić information content (AvgIpc) is 3.09. The molecule has 0 aromatic rings. The summed E-state index contributed by atoms with van der Waals surface area (Å²) < 4.78 is 16.6. The van der Waals surface area contributed by atoms with Crippen LogP contribution in [0.1, 0.15) is 240 Å². The molecule has 0 aromatic heterocycles. The fraction of sp³-hybridized carbons (Fsp3) is 0.933. The number of unbranched alkanes of at least 4 members (excludes halogenated alkanes) is 24. The fourth-order valence-corrected chi connectivity index (χ4v) is 6.58. The molecule has 0 amide bonds. The molecule has 0 bridgehead atoms. The van der Waals surface area contributed by atoms with E-state index in [1.165, 1.54) is 128 Å². The number of ether oxygens (including phenoxy) is 3. The number of rotatable bonds is 39. The zero-order valence-electron chi connectivity index (χ0n) is 34.7. The molecule has 0 aliphatic rings. The van der Waals surface area contributed by atoms with Crippen LogP contribution in [0.2, 0.25) is 0 Å². The van der Waals surface area contributed by atoms with Gasteiger partial charge in [0.1, 0.15) is 13.2 Å². The van der Waals surface area contributed by atoms with Gasteiger partial charge in [-0.1, -0.05) is 202 Å². The summed E-state index contributed by atoms with van der Waals surface area (Å²) in [5.41, 5.74) is 0. The lowest BCUT2D eigenvalue weighted by Crippen LogP contribution is -2.30. The van der Waals surface area contributed by atoms with Gasteiger partial charge in [-0.15, -0.1) is 0 Å². The standard InChI is InChI=1S/C45H86O6/c1-6-7-8-9-18-25-30-35-43(46)49-38-42(39-50-44(47)36-31-26-21-17-16-20-24-29-34-41(4)5)51-45(48)37-32-27-22-15-13-11-10-12-14-19-23-28-33-40(2)3/h40-42H,6-39H2,1-5H3/t42-/m0/s1. The topological polar surface area (TPSA) is 78.9 Å².